The van der Waals surface area contributed by atoms with Crippen molar-refractivity contribution in [3.05, 3.63) is 35.9 Å². The summed E-state index contributed by atoms with van der Waals surface area (Å²) >= 11 is 0. The minimum atomic E-state index is 0.184. The van der Waals surface area contributed by atoms with Crippen LogP contribution in [0.2, 0.25) is 0 Å². The molecule has 1 amide bonds. The van der Waals surface area contributed by atoms with Crippen molar-refractivity contribution in [2.24, 2.45) is 0 Å². The number of hydrogen-bond acceptors (Lipinski definition) is 1. The number of benzene rings is 1. The van der Waals surface area contributed by atoms with Crippen LogP contribution in [0.25, 0.3) is 0 Å². The van der Waals surface area contributed by atoms with Crippen molar-refractivity contribution in [3.8, 4) is 0 Å². The van der Waals surface area contributed by atoms with Crippen LogP contribution in [0.5, 0.6) is 0 Å². The fourth-order valence-electron chi connectivity index (χ4n) is 1.12. The van der Waals surface area contributed by atoms with Gasteiger partial charge in [-0.2, -0.15) is 0 Å². The summed E-state index contributed by atoms with van der Waals surface area (Å²) in [6.07, 6.45) is 1.43. The molecule has 2 heteroatoms. The monoisotopic (exact) mass is 177 g/mol. The Morgan fingerprint density at radius 1 is 1.23 bits per heavy atom. The van der Waals surface area contributed by atoms with Gasteiger partial charge in [0.2, 0.25) is 5.91 Å². The number of amides is 1. The molecule has 0 saturated heterocycles. The average molecular weight is 177 g/mol. The predicted octanol–water partition coefficient (Wildman–Crippen LogP) is 1.71. The molecule has 0 aliphatic carbocycles. The van der Waals surface area contributed by atoms with Crippen LogP contribution in [0.15, 0.2) is 30.3 Å². The Morgan fingerprint density at radius 2 is 1.85 bits per heavy atom. The highest BCUT2D eigenvalue weighted by Gasteiger charge is 2.03. The number of rotatable bonds is 3. The molecule has 0 radical (unpaired) electrons. The Bertz CT molecular complexity index is 267. The Hall–Kier alpha value is -1.31. The van der Waals surface area contributed by atoms with Gasteiger partial charge in [0.25, 0.3) is 0 Å². The standard InChI is InChI=1S/C11H15NO/c1-12(2)11(13)9-8-10-6-4-3-5-7-10/h3-7H,8-9H2,1-2H3. The van der Waals surface area contributed by atoms with Crippen LogP contribution in [0.3, 0.4) is 0 Å². The van der Waals surface area contributed by atoms with Crippen molar-refractivity contribution < 1.29 is 4.79 Å². The highest BCUT2D eigenvalue weighted by Crippen LogP contribution is 2.03. The van der Waals surface area contributed by atoms with E-state index in [9.17, 15) is 4.79 Å². The second-order valence-corrected chi connectivity index (χ2v) is 3.27. The summed E-state index contributed by atoms with van der Waals surface area (Å²) in [5.41, 5.74) is 1.22. The van der Waals surface area contributed by atoms with Crippen LogP contribution in [0.4, 0.5) is 0 Å². The van der Waals surface area contributed by atoms with Crippen molar-refractivity contribution in [3.63, 3.8) is 0 Å². The Balaban J connectivity index is 2.40. The minimum absolute atomic E-state index is 0.184. The smallest absolute Gasteiger partial charge is 0.222 e. The fourth-order valence-corrected chi connectivity index (χ4v) is 1.12. The van der Waals surface area contributed by atoms with Gasteiger partial charge >= 0.3 is 0 Å². The van der Waals surface area contributed by atoms with Crippen molar-refractivity contribution in [2.45, 2.75) is 12.8 Å². The molecule has 0 aromatic heterocycles. The van der Waals surface area contributed by atoms with Gasteiger partial charge in [-0.3, -0.25) is 4.79 Å². The van der Waals surface area contributed by atoms with E-state index in [-0.39, 0.29) is 5.91 Å². The van der Waals surface area contributed by atoms with E-state index in [1.54, 1.807) is 19.0 Å². The lowest BCUT2D eigenvalue weighted by Gasteiger charge is -2.09. The molecule has 1 aromatic carbocycles. The van der Waals surface area contributed by atoms with Gasteiger partial charge in [0.1, 0.15) is 0 Å². The summed E-state index contributed by atoms with van der Waals surface area (Å²) < 4.78 is 0. The molecular formula is C11H15NO. The summed E-state index contributed by atoms with van der Waals surface area (Å²) in [4.78, 5) is 12.9. The zero-order chi connectivity index (χ0) is 9.68. The fraction of sp³-hybridized carbons (Fsp3) is 0.364. The SMILES string of the molecule is CN(C)C(=O)CCc1ccccc1. The van der Waals surface area contributed by atoms with Gasteiger partial charge in [-0.15, -0.1) is 0 Å². The highest BCUT2D eigenvalue weighted by molar-refractivity contribution is 5.75. The molecule has 0 bridgehead atoms. The Morgan fingerprint density at radius 3 is 2.38 bits per heavy atom. The molecule has 13 heavy (non-hydrogen) atoms. The van der Waals surface area contributed by atoms with Crippen LogP contribution >= 0.6 is 0 Å². The molecule has 1 rings (SSSR count). The maximum atomic E-state index is 11.2. The van der Waals surface area contributed by atoms with E-state index < -0.39 is 0 Å². The number of carbonyl (C=O) groups excluding carboxylic acids is 1. The van der Waals surface area contributed by atoms with Crippen LogP contribution in [-0.2, 0) is 11.2 Å². The van der Waals surface area contributed by atoms with Crippen molar-refractivity contribution >= 4 is 5.91 Å². The molecule has 2 nitrogen and oxygen atoms in total. The summed E-state index contributed by atoms with van der Waals surface area (Å²) in [7, 11) is 3.57. The predicted molar refractivity (Wildman–Crippen MR) is 53.5 cm³/mol. The van der Waals surface area contributed by atoms with E-state index in [2.05, 4.69) is 0 Å². The third kappa shape index (κ3) is 3.28. The summed E-state index contributed by atoms with van der Waals surface area (Å²) in [5.74, 6) is 0.184. The topological polar surface area (TPSA) is 20.3 Å². The average Bonchev–Trinajstić information content (AvgIpc) is 2.15. The maximum absolute atomic E-state index is 11.2. The lowest BCUT2D eigenvalue weighted by Crippen LogP contribution is -2.21. The van der Waals surface area contributed by atoms with Gasteiger partial charge in [-0.1, -0.05) is 30.3 Å². The molecule has 0 heterocycles. The van der Waals surface area contributed by atoms with Gasteiger partial charge in [0.15, 0.2) is 0 Å². The molecule has 0 spiro atoms. The summed E-state index contributed by atoms with van der Waals surface area (Å²) in [6.45, 7) is 0. The van der Waals surface area contributed by atoms with Crippen LogP contribution in [-0.4, -0.2) is 24.9 Å². The molecule has 0 fully saturated rings. The summed E-state index contributed by atoms with van der Waals surface area (Å²) in [5, 5.41) is 0. The first-order valence-corrected chi connectivity index (χ1v) is 4.44. The van der Waals surface area contributed by atoms with Crippen LogP contribution in [0, 0.1) is 0 Å². The van der Waals surface area contributed by atoms with E-state index in [0.29, 0.717) is 6.42 Å². The minimum Gasteiger partial charge on any atom is -0.349 e. The quantitative estimate of drug-likeness (QED) is 0.688. The Kier molecular flexibility index (Phi) is 3.50. The molecule has 1 aromatic rings. The third-order valence-corrected chi connectivity index (χ3v) is 1.97. The third-order valence-electron chi connectivity index (χ3n) is 1.97. The molecule has 0 aliphatic heterocycles. The van der Waals surface area contributed by atoms with Crippen molar-refractivity contribution in [1.82, 2.24) is 4.90 Å². The first-order chi connectivity index (χ1) is 6.20. The molecule has 0 saturated carbocycles. The van der Waals surface area contributed by atoms with Gasteiger partial charge < -0.3 is 4.90 Å². The number of carbonyl (C=O) groups is 1. The van der Waals surface area contributed by atoms with E-state index in [4.69, 9.17) is 0 Å². The lowest BCUT2D eigenvalue weighted by atomic mass is 10.1. The second-order valence-electron chi connectivity index (χ2n) is 3.27. The zero-order valence-corrected chi connectivity index (χ0v) is 8.16. The number of hydrogen-bond donors (Lipinski definition) is 0. The molecule has 70 valence electrons. The molecule has 0 N–H and O–H groups in total. The largest absolute Gasteiger partial charge is 0.349 e. The van der Waals surface area contributed by atoms with E-state index in [1.807, 2.05) is 30.3 Å². The molecule has 0 atom stereocenters. The lowest BCUT2D eigenvalue weighted by molar-refractivity contribution is -0.128. The van der Waals surface area contributed by atoms with Gasteiger partial charge in [-0.25, -0.2) is 0 Å². The Labute approximate surface area is 79.2 Å². The second kappa shape index (κ2) is 4.65. The number of aryl methyl sites for hydroxylation is 1. The summed E-state index contributed by atoms with van der Waals surface area (Å²) in [6, 6.07) is 10.1. The first-order valence-electron chi connectivity index (χ1n) is 4.44. The van der Waals surface area contributed by atoms with Crippen LogP contribution in [0.1, 0.15) is 12.0 Å². The van der Waals surface area contributed by atoms with Crippen LogP contribution < -0.4 is 0 Å². The van der Waals surface area contributed by atoms with E-state index >= 15 is 0 Å². The molecular weight excluding hydrogens is 162 g/mol. The van der Waals surface area contributed by atoms with Gasteiger partial charge in [0.05, 0.1) is 0 Å². The van der Waals surface area contributed by atoms with Gasteiger partial charge in [-0.05, 0) is 12.0 Å². The normalized spacial score (nSPS) is 9.69. The highest BCUT2D eigenvalue weighted by atomic mass is 16.2. The van der Waals surface area contributed by atoms with E-state index in [1.165, 1.54) is 5.56 Å². The number of nitrogens with zero attached hydrogens (tertiary/aromatic N) is 1. The van der Waals surface area contributed by atoms with Crippen molar-refractivity contribution in [2.75, 3.05) is 14.1 Å². The maximum Gasteiger partial charge on any atom is 0.222 e. The zero-order valence-electron chi connectivity index (χ0n) is 8.16. The first kappa shape index (κ1) is 9.78. The molecule has 0 aliphatic rings. The molecule has 0 unspecified atom stereocenters. The van der Waals surface area contributed by atoms with Crippen molar-refractivity contribution in [1.29, 1.82) is 0 Å². The van der Waals surface area contributed by atoms with E-state index in [0.717, 1.165) is 6.42 Å². The van der Waals surface area contributed by atoms with Gasteiger partial charge in [0, 0.05) is 20.5 Å².